The number of oxazole rings is 1. The molecule has 0 spiro atoms. The summed E-state index contributed by atoms with van der Waals surface area (Å²) in [6.45, 7) is 4.17. The molecule has 15 heavy (non-hydrogen) atoms. The maximum atomic E-state index is 5.72. The third kappa shape index (κ3) is 2.58. The molecule has 1 aromatic rings. The summed E-state index contributed by atoms with van der Waals surface area (Å²) in [5.74, 6) is 1.35. The fourth-order valence-corrected chi connectivity index (χ4v) is 2.07. The van der Waals surface area contributed by atoms with Crippen LogP contribution in [0.4, 0.5) is 0 Å². The summed E-state index contributed by atoms with van der Waals surface area (Å²) < 4.78 is 5.50. The molecule has 84 valence electrons. The van der Waals surface area contributed by atoms with Crippen molar-refractivity contribution >= 4 is 0 Å². The Morgan fingerprint density at radius 2 is 2.53 bits per heavy atom. The monoisotopic (exact) mass is 209 g/mol. The van der Waals surface area contributed by atoms with Crippen molar-refractivity contribution in [1.82, 2.24) is 9.88 Å². The lowest BCUT2D eigenvalue weighted by Gasteiger charge is -2.05. The van der Waals surface area contributed by atoms with Gasteiger partial charge in [-0.05, 0) is 26.9 Å². The highest BCUT2D eigenvalue weighted by Gasteiger charge is 2.25. The van der Waals surface area contributed by atoms with Crippen LogP contribution in [0.15, 0.2) is 10.7 Å². The largest absolute Gasteiger partial charge is 0.448 e. The smallest absolute Gasteiger partial charge is 0.198 e. The van der Waals surface area contributed by atoms with Crippen LogP contribution in [0.5, 0.6) is 0 Å². The molecule has 1 fully saturated rings. The molecule has 0 saturated carbocycles. The van der Waals surface area contributed by atoms with E-state index in [1.807, 2.05) is 6.92 Å². The van der Waals surface area contributed by atoms with E-state index in [0.29, 0.717) is 5.92 Å². The zero-order valence-corrected chi connectivity index (χ0v) is 9.44. The minimum atomic E-state index is 0.147. The van der Waals surface area contributed by atoms with Crippen molar-refractivity contribution in [2.24, 2.45) is 5.73 Å². The van der Waals surface area contributed by atoms with Crippen LogP contribution in [-0.4, -0.2) is 36.1 Å². The Labute approximate surface area is 90.5 Å². The van der Waals surface area contributed by atoms with Gasteiger partial charge in [-0.3, -0.25) is 0 Å². The molecule has 1 aromatic heterocycles. The molecule has 0 aromatic carbocycles. The van der Waals surface area contributed by atoms with Gasteiger partial charge in [0, 0.05) is 24.9 Å². The Kier molecular flexibility index (Phi) is 3.07. The Balaban J connectivity index is 2.00. The van der Waals surface area contributed by atoms with E-state index in [1.165, 1.54) is 0 Å². The Bertz CT molecular complexity index is 321. The number of likely N-dealkylation sites (tertiary alicyclic amines) is 1. The van der Waals surface area contributed by atoms with Crippen molar-refractivity contribution in [2.45, 2.75) is 31.7 Å². The van der Waals surface area contributed by atoms with E-state index in [2.05, 4.69) is 16.9 Å². The number of hydrogen-bond acceptors (Lipinski definition) is 4. The summed E-state index contributed by atoms with van der Waals surface area (Å²) in [7, 11) is 2.13. The van der Waals surface area contributed by atoms with E-state index < -0.39 is 0 Å². The highest BCUT2D eigenvalue weighted by Crippen LogP contribution is 2.25. The molecule has 4 heteroatoms. The van der Waals surface area contributed by atoms with Crippen LogP contribution >= 0.6 is 0 Å². The molecule has 1 saturated heterocycles. The molecule has 2 heterocycles. The van der Waals surface area contributed by atoms with Gasteiger partial charge in [0.25, 0.3) is 0 Å². The predicted molar refractivity (Wildman–Crippen MR) is 58.7 cm³/mol. The van der Waals surface area contributed by atoms with Gasteiger partial charge >= 0.3 is 0 Å². The molecular weight excluding hydrogens is 190 g/mol. The van der Waals surface area contributed by atoms with Crippen LogP contribution in [-0.2, 0) is 6.42 Å². The lowest BCUT2D eigenvalue weighted by molar-refractivity contribution is 0.392. The van der Waals surface area contributed by atoms with Crippen molar-refractivity contribution in [3.8, 4) is 0 Å². The van der Waals surface area contributed by atoms with Crippen molar-refractivity contribution < 1.29 is 4.42 Å². The van der Waals surface area contributed by atoms with E-state index in [1.54, 1.807) is 6.26 Å². The molecule has 1 aliphatic rings. The van der Waals surface area contributed by atoms with Crippen LogP contribution in [0, 0.1) is 0 Å². The molecule has 2 N–H and O–H groups in total. The van der Waals surface area contributed by atoms with Crippen LogP contribution in [0.1, 0.15) is 30.8 Å². The third-order valence-corrected chi connectivity index (χ3v) is 2.84. The molecule has 2 atom stereocenters. The number of nitrogens with two attached hydrogens (primary N) is 1. The SMILES string of the molecule is CC(N)Cc1coc(C2CCN(C)C2)n1. The molecular formula is C11H19N3O. The Hall–Kier alpha value is -0.870. The van der Waals surface area contributed by atoms with Gasteiger partial charge in [-0.15, -0.1) is 0 Å². The molecule has 1 aliphatic heterocycles. The first-order valence-corrected chi connectivity index (χ1v) is 5.53. The maximum absolute atomic E-state index is 5.72. The third-order valence-electron chi connectivity index (χ3n) is 2.84. The van der Waals surface area contributed by atoms with Gasteiger partial charge in [0.2, 0.25) is 0 Å². The minimum Gasteiger partial charge on any atom is -0.448 e. The van der Waals surface area contributed by atoms with Crippen LogP contribution in [0.3, 0.4) is 0 Å². The molecule has 2 rings (SSSR count). The number of nitrogens with zero attached hydrogens (tertiary/aromatic N) is 2. The van der Waals surface area contributed by atoms with Gasteiger partial charge in [-0.25, -0.2) is 4.98 Å². The summed E-state index contributed by atoms with van der Waals surface area (Å²) in [5, 5.41) is 0. The van der Waals surface area contributed by atoms with Gasteiger partial charge in [0.1, 0.15) is 6.26 Å². The molecule has 0 radical (unpaired) electrons. The number of rotatable bonds is 3. The second-order valence-corrected chi connectivity index (χ2v) is 4.61. The predicted octanol–water partition coefficient (Wildman–Crippen LogP) is 0.983. The zero-order chi connectivity index (χ0) is 10.8. The van der Waals surface area contributed by atoms with Gasteiger partial charge in [-0.1, -0.05) is 0 Å². The van der Waals surface area contributed by atoms with Crippen molar-refractivity contribution in [3.05, 3.63) is 17.8 Å². The fourth-order valence-electron chi connectivity index (χ4n) is 2.07. The summed E-state index contributed by atoms with van der Waals surface area (Å²) in [6, 6.07) is 0.147. The van der Waals surface area contributed by atoms with Gasteiger partial charge in [-0.2, -0.15) is 0 Å². The van der Waals surface area contributed by atoms with E-state index in [4.69, 9.17) is 10.2 Å². The molecule has 4 nitrogen and oxygen atoms in total. The fraction of sp³-hybridized carbons (Fsp3) is 0.727. The van der Waals surface area contributed by atoms with E-state index in [-0.39, 0.29) is 6.04 Å². The van der Waals surface area contributed by atoms with E-state index >= 15 is 0 Å². The summed E-state index contributed by atoms with van der Waals surface area (Å²) in [5.41, 5.74) is 6.70. The molecule has 0 bridgehead atoms. The summed E-state index contributed by atoms with van der Waals surface area (Å²) in [6.07, 6.45) is 3.69. The van der Waals surface area contributed by atoms with Gasteiger partial charge in [0.05, 0.1) is 5.69 Å². The normalized spacial score (nSPS) is 24.6. The Morgan fingerprint density at radius 1 is 1.73 bits per heavy atom. The first-order chi connectivity index (χ1) is 7.15. The first-order valence-electron chi connectivity index (χ1n) is 5.53. The van der Waals surface area contributed by atoms with Crippen molar-refractivity contribution in [3.63, 3.8) is 0 Å². The van der Waals surface area contributed by atoms with Crippen molar-refractivity contribution in [2.75, 3.05) is 20.1 Å². The quantitative estimate of drug-likeness (QED) is 0.806. The lowest BCUT2D eigenvalue weighted by Crippen LogP contribution is -2.18. The average molecular weight is 209 g/mol. The molecule has 0 amide bonds. The number of hydrogen-bond donors (Lipinski definition) is 1. The second kappa shape index (κ2) is 4.33. The van der Waals surface area contributed by atoms with Crippen LogP contribution in [0.25, 0.3) is 0 Å². The second-order valence-electron chi connectivity index (χ2n) is 4.61. The van der Waals surface area contributed by atoms with Crippen LogP contribution < -0.4 is 5.73 Å². The molecule has 2 unspecified atom stereocenters. The average Bonchev–Trinajstić information content (AvgIpc) is 2.72. The van der Waals surface area contributed by atoms with Gasteiger partial charge in [0.15, 0.2) is 5.89 Å². The summed E-state index contributed by atoms with van der Waals surface area (Å²) in [4.78, 5) is 6.80. The lowest BCUT2D eigenvalue weighted by atomic mass is 10.1. The number of likely N-dealkylation sites (N-methyl/N-ethyl adjacent to an activating group) is 1. The van der Waals surface area contributed by atoms with E-state index in [0.717, 1.165) is 37.5 Å². The Morgan fingerprint density at radius 3 is 3.13 bits per heavy atom. The molecule has 0 aliphatic carbocycles. The maximum Gasteiger partial charge on any atom is 0.198 e. The standard InChI is InChI=1S/C11H19N3O/c1-8(12)5-10-7-15-11(13-10)9-3-4-14(2)6-9/h7-9H,3-6,12H2,1-2H3. The highest BCUT2D eigenvalue weighted by molar-refractivity contribution is 5.04. The first kappa shape index (κ1) is 10.6. The number of aromatic nitrogens is 1. The minimum absolute atomic E-state index is 0.147. The topological polar surface area (TPSA) is 55.3 Å². The summed E-state index contributed by atoms with van der Waals surface area (Å²) >= 11 is 0. The van der Waals surface area contributed by atoms with Crippen LogP contribution in [0.2, 0.25) is 0 Å². The van der Waals surface area contributed by atoms with Crippen molar-refractivity contribution in [1.29, 1.82) is 0 Å². The zero-order valence-electron chi connectivity index (χ0n) is 9.44. The van der Waals surface area contributed by atoms with E-state index in [9.17, 15) is 0 Å². The van der Waals surface area contributed by atoms with Gasteiger partial charge < -0.3 is 15.1 Å². The highest BCUT2D eigenvalue weighted by atomic mass is 16.3.